The molecule has 9 heteroatoms. The topological polar surface area (TPSA) is 112 Å². The van der Waals surface area contributed by atoms with Gasteiger partial charge in [0.2, 0.25) is 0 Å². The van der Waals surface area contributed by atoms with E-state index in [2.05, 4.69) is 0 Å². The molecular formula is C19H30O8S. The third kappa shape index (κ3) is 5.73. The normalized spacial score (nSPS) is 26.6. The minimum Gasteiger partial charge on any atom is -0.394 e. The molecule has 5 atom stereocenters. The summed E-state index contributed by atoms with van der Waals surface area (Å²) in [5.74, 6) is -0.662. The Hall–Kier alpha value is -1.07. The van der Waals surface area contributed by atoms with E-state index in [-0.39, 0.29) is 17.1 Å². The van der Waals surface area contributed by atoms with E-state index in [1.807, 2.05) is 0 Å². The molecular weight excluding hydrogens is 388 g/mol. The monoisotopic (exact) mass is 418 g/mol. The van der Waals surface area contributed by atoms with Crippen molar-refractivity contribution in [2.24, 2.45) is 5.92 Å². The van der Waals surface area contributed by atoms with Gasteiger partial charge in [-0.15, -0.1) is 0 Å². The molecule has 28 heavy (non-hydrogen) atoms. The fourth-order valence-electron chi connectivity index (χ4n) is 3.64. The van der Waals surface area contributed by atoms with Crippen LogP contribution in [0.5, 0.6) is 0 Å². The first-order chi connectivity index (χ1) is 13.4. The molecule has 0 aromatic heterocycles. The van der Waals surface area contributed by atoms with Crippen LogP contribution in [0.25, 0.3) is 0 Å². The highest BCUT2D eigenvalue weighted by Gasteiger charge is 2.47. The van der Waals surface area contributed by atoms with E-state index in [1.165, 1.54) is 21.3 Å². The van der Waals surface area contributed by atoms with E-state index < -0.39 is 53.1 Å². The summed E-state index contributed by atoms with van der Waals surface area (Å²) in [5.41, 5.74) is 0. The second-order valence-electron chi connectivity index (χ2n) is 6.88. The molecule has 2 rings (SSSR count). The Kier molecular flexibility index (Phi) is 8.81. The van der Waals surface area contributed by atoms with Gasteiger partial charge in [-0.25, -0.2) is 8.42 Å². The SMILES string of the molecule is COC(C[C@@H]1OC(C[C@H](O)CO)[C@H](OC)C1CS(=O)(=O)c1ccccc1)OC. The number of aliphatic hydroxyl groups excluding tert-OH is 2. The highest BCUT2D eigenvalue weighted by Crippen LogP contribution is 2.36. The molecule has 0 radical (unpaired) electrons. The van der Waals surface area contributed by atoms with Crippen molar-refractivity contribution in [1.29, 1.82) is 0 Å². The van der Waals surface area contributed by atoms with Crippen LogP contribution in [0.15, 0.2) is 35.2 Å². The van der Waals surface area contributed by atoms with Crippen molar-refractivity contribution >= 4 is 9.84 Å². The van der Waals surface area contributed by atoms with Gasteiger partial charge < -0.3 is 29.2 Å². The van der Waals surface area contributed by atoms with Crippen molar-refractivity contribution in [2.45, 2.75) is 48.4 Å². The van der Waals surface area contributed by atoms with Crippen LogP contribution in [0.1, 0.15) is 12.8 Å². The summed E-state index contributed by atoms with van der Waals surface area (Å²) in [5, 5.41) is 19.0. The highest BCUT2D eigenvalue weighted by molar-refractivity contribution is 7.91. The second-order valence-corrected chi connectivity index (χ2v) is 8.91. The van der Waals surface area contributed by atoms with Crippen LogP contribution in [0.4, 0.5) is 0 Å². The lowest BCUT2D eigenvalue weighted by atomic mass is 9.94. The first-order valence-corrected chi connectivity index (χ1v) is 10.8. The lowest BCUT2D eigenvalue weighted by Gasteiger charge is -2.25. The van der Waals surface area contributed by atoms with E-state index in [0.29, 0.717) is 6.42 Å². The van der Waals surface area contributed by atoms with Gasteiger partial charge in [0.15, 0.2) is 16.1 Å². The maximum absolute atomic E-state index is 12.9. The number of ether oxygens (including phenoxy) is 4. The van der Waals surface area contributed by atoms with Gasteiger partial charge in [0.25, 0.3) is 0 Å². The number of benzene rings is 1. The van der Waals surface area contributed by atoms with Gasteiger partial charge in [0, 0.05) is 40.1 Å². The molecule has 0 bridgehead atoms. The van der Waals surface area contributed by atoms with Crippen molar-refractivity contribution in [3.63, 3.8) is 0 Å². The molecule has 0 spiro atoms. The molecule has 8 nitrogen and oxygen atoms in total. The average molecular weight is 419 g/mol. The molecule has 1 aromatic rings. The van der Waals surface area contributed by atoms with Crippen LogP contribution in [-0.4, -0.2) is 83.0 Å². The largest absolute Gasteiger partial charge is 0.394 e. The number of methoxy groups -OCH3 is 3. The molecule has 0 amide bonds. The number of hydrogen-bond acceptors (Lipinski definition) is 8. The Morgan fingerprint density at radius 2 is 1.71 bits per heavy atom. The van der Waals surface area contributed by atoms with E-state index in [4.69, 9.17) is 24.1 Å². The zero-order valence-electron chi connectivity index (χ0n) is 16.4. The minimum atomic E-state index is -3.58. The van der Waals surface area contributed by atoms with Crippen molar-refractivity contribution in [1.82, 2.24) is 0 Å². The van der Waals surface area contributed by atoms with Gasteiger partial charge in [0.05, 0.1) is 41.7 Å². The molecule has 1 heterocycles. The van der Waals surface area contributed by atoms with Crippen LogP contribution in [0, 0.1) is 5.92 Å². The van der Waals surface area contributed by atoms with Crippen LogP contribution in [0.2, 0.25) is 0 Å². The molecule has 0 saturated carbocycles. The maximum atomic E-state index is 12.9. The van der Waals surface area contributed by atoms with Crippen molar-refractivity contribution < 1.29 is 37.6 Å². The predicted molar refractivity (Wildman–Crippen MR) is 102 cm³/mol. The van der Waals surface area contributed by atoms with E-state index in [0.717, 1.165) is 0 Å². The Balaban J connectivity index is 2.28. The first kappa shape index (κ1) is 23.2. The maximum Gasteiger partial charge on any atom is 0.178 e. The standard InChI is InChI=1S/C19H30O8S/c1-24-18(25-2)10-16-15(12-28(22,23)14-7-5-4-6-8-14)19(26-3)17(27-16)9-13(21)11-20/h4-8,13,15-21H,9-12H2,1-3H3/t13-,15?,16-,17?,19+/m0/s1. The fourth-order valence-corrected chi connectivity index (χ4v) is 5.31. The van der Waals surface area contributed by atoms with Crippen LogP contribution in [-0.2, 0) is 28.8 Å². The molecule has 2 N–H and O–H groups in total. The van der Waals surface area contributed by atoms with Crippen LogP contribution in [0.3, 0.4) is 0 Å². The van der Waals surface area contributed by atoms with Gasteiger partial charge in [0.1, 0.15) is 0 Å². The number of rotatable bonds is 11. The molecule has 1 aliphatic heterocycles. The van der Waals surface area contributed by atoms with Gasteiger partial charge in [-0.1, -0.05) is 18.2 Å². The van der Waals surface area contributed by atoms with Crippen LogP contribution >= 0.6 is 0 Å². The Labute approximate surface area is 166 Å². The Bertz CT molecular complexity index is 676. The van der Waals surface area contributed by atoms with Gasteiger partial charge in [-0.2, -0.15) is 0 Å². The molecule has 160 valence electrons. The summed E-state index contributed by atoms with van der Waals surface area (Å²) in [6.45, 7) is -0.410. The summed E-state index contributed by atoms with van der Waals surface area (Å²) in [6, 6.07) is 8.22. The smallest absolute Gasteiger partial charge is 0.178 e. The quantitative estimate of drug-likeness (QED) is 0.503. The van der Waals surface area contributed by atoms with E-state index >= 15 is 0 Å². The van der Waals surface area contributed by atoms with Crippen molar-refractivity contribution in [3.8, 4) is 0 Å². The third-order valence-electron chi connectivity index (χ3n) is 5.07. The predicted octanol–water partition coefficient (Wildman–Crippen LogP) is 0.611. The Morgan fingerprint density at radius 3 is 2.25 bits per heavy atom. The van der Waals surface area contributed by atoms with E-state index in [9.17, 15) is 13.5 Å². The molecule has 1 aliphatic rings. The number of sulfone groups is 1. The summed E-state index contributed by atoms with van der Waals surface area (Å²) in [6.07, 6.45) is -2.71. The average Bonchev–Trinajstić information content (AvgIpc) is 3.01. The van der Waals surface area contributed by atoms with E-state index in [1.54, 1.807) is 30.3 Å². The summed E-state index contributed by atoms with van der Waals surface area (Å²) in [7, 11) is 0.907. The van der Waals surface area contributed by atoms with Gasteiger partial charge >= 0.3 is 0 Å². The number of hydrogen-bond donors (Lipinski definition) is 2. The molecule has 2 unspecified atom stereocenters. The zero-order valence-corrected chi connectivity index (χ0v) is 17.2. The fraction of sp³-hybridized carbons (Fsp3) is 0.684. The van der Waals surface area contributed by atoms with Crippen molar-refractivity contribution in [3.05, 3.63) is 30.3 Å². The summed E-state index contributed by atoms with van der Waals surface area (Å²) >= 11 is 0. The second kappa shape index (κ2) is 10.6. The van der Waals surface area contributed by atoms with Crippen LogP contribution < -0.4 is 0 Å². The summed E-state index contributed by atoms with van der Waals surface area (Å²) in [4.78, 5) is 0.234. The zero-order chi connectivity index (χ0) is 20.7. The molecule has 1 fully saturated rings. The van der Waals surface area contributed by atoms with Gasteiger partial charge in [-0.05, 0) is 12.1 Å². The summed E-state index contributed by atoms with van der Waals surface area (Å²) < 4.78 is 48.0. The Morgan fingerprint density at radius 1 is 1.07 bits per heavy atom. The minimum absolute atomic E-state index is 0.137. The first-order valence-electron chi connectivity index (χ1n) is 9.16. The third-order valence-corrected chi connectivity index (χ3v) is 6.88. The molecule has 1 aromatic carbocycles. The lowest BCUT2D eigenvalue weighted by Crippen LogP contribution is -2.37. The molecule has 1 saturated heterocycles. The number of aliphatic hydroxyl groups is 2. The molecule has 0 aliphatic carbocycles. The van der Waals surface area contributed by atoms with Gasteiger partial charge in [-0.3, -0.25) is 0 Å². The lowest BCUT2D eigenvalue weighted by molar-refractivity contribution is -0.132. The highest BCUT2D eigenvalue weighted by atomic mass is 32.2. The van der Waals surface area contributed by atoms with Crippen molar-refractivity contribution in [2.75, 3.05) is 33.7 Å².